The van der Waals surface area contributed by atoms with E-state index in [-0.39, 0.29) is 12.1 Å². The average molecular weight is 257 g/mol. The van der Waals surface area contributed by atoms with Gasteiger partial charge < -0.3 is 20.2 Å². The number of carboxylic acids is 1. The SMILES string of the molecule is CN(C(=O)N(C)C(C)(C)C(=O)O)C1CCNCC1. The fraction of sp³-hybridized carbons (Fsp3) is 0.833. The smallest absolute Gasteiger partial charge is 0.329 e. The van der Waals surface area contributed by atoms with Gasteiger partial charge in [0.05, 0.1) is 0 Å². The van der Waals surface area contributed by atoms with Crippen LogP contribution in [0.4, 0.5) is 4.79 Å². The molecule has 1 aliphatic rings. The van der Waals surface area contributed by atoms with Crippen molar-refractivity contribution in [3.8, 4) is 0 Å². The number of amides is 2. The Morgan fingerprint density at radius 3 is 2.17 bits per heavy atom. The lowest BCUT2D eigenvalue weighted by molar-refractivity contribution is -0.147. The second-order valence-electron chi connectivity index (χ2n) is 5.30. The molecule has 0 aromatic rings. The van der Waals surface area contributed by atoms with E-state index in [1.54, 1.807) is 11.9 Å². The molecule has 0 spiro atoms. The Kier molecular flexibility index (Phi) is 4.56. The Morgan fingerprint density at radius 2 is 1.72 bits per heavy atom. The van der Waals surface area contributed by atoms with Crippen LogP contribution in [-0.4, -0.2) is 65.7 Å². The molecule has 2 amide bonds. The van der Waals surface area contributed by atoms with Crippen LogP contribution in [0.25, 0.3) is 0 Å². The highest BCUT2D eigenvalue weighted by atomic mass is 16.4. The summed E-state index contributed by atoms with van der Waals surface area (Å²) in [6.45, 7) is 4.86. The highest BCUT2D eigenvalue weighted by molar-refractivity contribution is 5.85. The van der Waals surface area contributed by atoms with Crippen molar-refractivity contribution < 1.29 is 14.7 Å². The summed E-state index contributed by atoms with van der Waals surface area (Å²) < 4.78 is 0. The minimum Gasteiger partial charge on any atom is -0.480 e. The summed E-state index contributed by atoms with van der Waals surface area (Å²) in [5.41, 5.74) is -1.20. The summed E-state index contributed by atoms with van der Waals surface area (Å²) in [5.74, 6) is -1.00. The lowest BCUT2D eigenvalue weighted by atomic mass is 10.0. The quantitative estimate of drug-likeness (QED) is 0.776. The zero-order valence-corrected chi connectivity index (χ0v) is 11.6. The number of carboxylic acid groups (broad SMARTS) is 1. The summed E-state index contributed by atoms with van der Waals surface area (Å²) >= 11 is 0. The van der Waals surface area contributed by atoms with Crippen molar-refractivity contribution in [2.75, 3.05) is 27.2 Å². The number of carbonyl (C=O) groups is 2. The molecular weight excluding hydrogens is 234 g/mol. The number of piperidine rings is 1. The summed E-state index contributed by atoms with van der Waals surface area (Å²) in [5, 5.41) is 12.4. The first-order chi connectivity index (χ1) is 8.28. The molecule has 0 aromatic carbocycles. The number of hydrogen-bond donors (Lipinski definition) is 2. The highest BCUT2D eigenvalue weighted by Crippen LogP contribution is 2.18. The molecule has 2 N–H and O–H groups in total. The second kappa shape index (κ2) is 5.56. The predicted molar refractivity (Wildman–Crippen MR) is 68.5 cm³/mol. The van der Waals surface area contributed by atoms with Crippen molar-refractivity contribution >= 4 is 12.0 Å². The molecule has 0 bridgehead atoms. The maximum atomic E-state index is 12.3. The van der Waals surface area contributed by atoms with Gasteiger partial charge in [0.2, 0.25) is 0 Å². The largest absolute Gasteiger partial charge is 0.480 e. The van der Waals surface area contributed by atoms with E-state index < -0.39 is 11.5 Å². The van der Waals surface area contributed by atoms with Crippen LogP contribution < -0.4 is 5.32 Å². The molecule has 1 aliphatic heterocycles. The molecule has 0 saturated carbocycles. The van der Waals surface area contributed by atoms with Crippen LogP contribution in [0.2, 0.25) is 0 Å². The zero-order chi connectivity index (χ0) is 13.9. The fourth-order valence-electron chi connectivity index (χ4n) is 1.97. The number of nitrogens with zero attached hydrogens (tertiary/aromatic N) is 2. The highest BCUT2D eigenvalue weighted by Gasteiger charge is 2.37. The minimum absolute atomic E-state index is 0.186. The van der Waals surface area contributed by atoms with Crippen LogP contribution >= 0.6 is 0 Å². The van der Waals surface area contributed by atoms with Gasteiger partial charge in [-0.25, -0.2) is 9.59 Å². The molecule has 0 aromatic heterocycles. The Labute approximate surface area is 108 Å². The van der Waals surface area contributed by atoms with E-state index in [4.69, 9.17) is 5.11 Å². The Bertz CT molecular complexity index is 325. The normalized spacial score (nSPS) is 17.3. The first-order valence-corrected chi connectivity index (χ1v) is 6.23. The topological polar surface area (TPSA) is 72.9 Å². The van der Waals surface area contributed by atoms with Crippen LogP contribution in [0.15, 0.2) is 0 Å². The van der Waals surface area contributed by atoms with Crippen LogP contribution in [0.3, 0.4) is 0 Å². The molecule has 0 radical (unpaired) electrons. The van der Waals surface area contributed by atoms with E-state index in [9.17, 15) is 9.59 Å². The third-order valence-electron chi connectivity index (χ3n) is 3.81. The van der Waals surface area contributed by atoms with Gasteiger partial charge in [0, 0.05) is 20.1 Å². The van der Waals surface area contributed by atoms with Crippen molar-refractivity contribution in [3.05, 3.63) is 0 Å². The van der Waals surface area contributed by atoms with Crippen molar-refractivity contribution in [1.82, 2.24) is 15.1 Å². The standard InChI is InChI=1S/C12H23N3O3/c1-12(2,10(16)17)15(4)11(18)14(3)9-5-7-13-8-6-9/h9,13H,5-8H2,1-4H3,(H,16,17). The van der Waals surface area contributed by atoms with E-state index in [1.807, 2.05) is 0 Å². The van der Waals surface area contributed by atoms with E-state index in [1.165, 1.54) is 25.8 Å². The van der Waals surface area contributed by atoms with Crippen molar-refractivity contribution in [3.63, 3.8) is 0 Å². The number of aliphatic carboxylic acids is 1. The maximum Gasteiger partial charge on any atom is 0.329 e. The Hall–Kier alpha value is -1.30. The fourth-order valence-corrected chi connectivity index (χ4v) is 1.97. The number of nitrogens with one attached hydrogen (secondary N) is 1. The van der Waals surface area contributed by atoms with Crippen LogP contribution in [0.5, 0.6) is 0 Å². The van der Waals surface area contributed by atoms with E-state index >= 15 is 0 Å². The van der Waals surface area contributed by atoms with E-state index in [0.717, 1.165) is 25.9 Å². The zero-order valence-electron chi connectivity index (χ0n) is 11.6. The molecule has 1 saturated heterocycles. The number of likely N-dealkylation sites (N-methyl/N-ethyl adjacent to an activating group) is 1. The Morgan fingerprint density at radius 1 is 1.22 bits per heavy atom. The van der Waals surface area contributed by atoms with Gasteiger partial charge >= 0.3 is 12.0 Å². The van der Waals surface area contributed by atoms with Gasteiger partial charge in [0.1, 0.15) is 5.54 Å². The van der Waals surface area contributed by atoms with Crippen LogP contribution in [0, 0.1) is 0 Å². The van der Waals surface area contributed by atoms with E-state index in [0.29, 0.717) is 0 Å². The third kappa shape index (κ3) is 2.93. The number of urea groups is 1. The molecule has 18 heavy (non-hydrogen) atoms. The molecule has 0 atom stereocenters. The van der Waals surface area contributed by atoms with Gasteiger partial charge in [-0.3, -0.25) is 0 Å². The maximum absolute atomic E-state index is 12.3. The first kappa shape index (κ1) is 14.8. The number of rotatable bonds is 3. The van der Waals surface area contributed by atoms with Crippen LogP contribution in [-0.2, 0) is 4.79 Å². The monoisotopic (exact) mass is 257 g/mol. The lowest BCUT2D eigenvalue weighted by Gasteiger charge is -2.38. The molecule has 1 fully saturated rings. The first-order valence-electron chi connectivity index (χ1n) is 6.23. The van der Waals surface area contributed by atoms with Gasteiger partial charge in [-0.1, -0.05) is 0 Å². The summed E-state index contributed by atoms with van der Waals surface area (Å²) in [6, 6.07) is -0.0555. The molecule has 1 rings (SSSR count). The molecule has 104 valence electrons. The number of hydrogen-bond acceptors (Lipinski definition) is 3. The van der Waals surface area contributed by atoms with Crippen molar-refractivity contribution in [2.45, 2.75) is 38.3 Å². The van der Waals surface area contributed by atoms with Crippen LogP contribution in [0.1, 0.15) is 26.7 Å². The molecule has 0 unspecified atom stereocenters. The Balaban J connectivity index is 2.70. The summed E-state index contributed by atoms with van der Waals surface area (Å²) in [4.78, 5) is 26.4. The average Bonchev–Trinajstić information content (AvgIpc) is 2.36. The van der Waals surface area contributed by atoms with Gasteiger partial charge in [-0.05, 0) is 39.8 Å². The summed E-state index contributed by atoms with van der Waals surface area (Å²) in [6.07, 6.45) is 1.81. The molecular formula is C12H23N3O3. The van der Waals surface area contributed by atoms with Gasteiger partial charge in [0.25, 0.3) is 0 Å². The van der Waals surface area contributed by atoms with Gasteiger partial charge in [0.15, 0.2) is 0 Å². The molecule has 6 heteroatoms. The molecule has 6 nitrogen and oxygen atoms in total. The summed E-state index contributed by atoms with van der Waals surface area (Å²) in [7, 11) is 3.28. The lowest BCUT2D eigenvalue weighted by Crippen LogP contribution is -2.57. The predicted octanol–water partition coefficient (Wildman–Crippen LogP) is 0.585. The molecule has 0 aliphatic carbocycles. The van der Waals surface area contributed by atoms with Crippen molar-refractivity contribution in [2.24, 2.45) is 0 Å². The third-order valence-corrected chi connectivity index (χ3v) is 3.81. The second-order valence-corrected chi connectivity index (χ2v) is 5.30. The number of carbonyl (C=O) groups excluding carboxylic acids is 1. The minimum atomic E-state index is -1.20. The molecule has 1 heterocycles. The van der Waals surface area contributed by atoms with Gasteiger partial charge in [-0.15, -0.1) is 0 Å². The van der Waals surface area contributed by atoms with E-state index in [2.05, 4.69) is 5.32 Å². The van der Waals surface area contributed by atoms with Gasteiger partial charge in [-0.2, -0.15) is 0 Å². The van der Waals surface area contributed by atoms with Crippen molar-refractivity contribution in [1.29, 1.82) is 0 Å².